The first-order valence-electron chi connectivity index (χ1n) is 7.09. The summed E-state index contributed by atoms with van der Waals surface area (Å²) in [6.07, 6.45) is -0.755. The van der Waals surface area contributed by atoms with E-state index in [1.165, 1.54) is 14.2 Å². The molecule has 0 bridgehead atoms. The number of anilines is 1. The van der Waals surface area contributed by atoms with Crippen LogP contribution >= 0.6 is 0 Å². The van der Waals surface area contributed by atoms with E-state index in [2.05, 4.69) is 5.32 Å². The minimum atomic E-state index is -0.592. The van der Waals surface area contributed by atoms with Crippen LogP contribution in [0.1, 0.15) is 33.3 Å². The van der Waals surface area contributed by atoms with Crippen molar-refractivity contribution in [2.75, 3.05) is 19.5 Å². The van der Waals surface area contributed by atoms with Gasteiger partial charge in [-0.05, 0) is 39.3 Å². The maximum Gasteiger partial charge on any atom is 0.412 e. The van der Waals surface area contributed by atoms with Crippen molar-refractivity contribution in [2.45, 2.75) is 45.8 Å². The number of rotatable bonds is 5. The Morgan fingerprint density at radius 2 is 1.77 bits per heavy atom. The van der Waals surface area contributed by atoms with Crippen LogP contribution in [0.2, 0.25) is 0 Å². The third-order valence-electron chi connectivity index (χ3n) is 2.76. The Morgan fingerprint density at radius 3 is 2.23 bits per heavy atom. The third kappa shape index (κ3) is 5.44. The first-order valence-corrected chi connectivity index (χ1v) is 7.09. The molecule has 0 fully saturated rings. The van der Waals surface area contributed by atoms with Crippen molar-refractivity contribution in [3.63, 3.8) is 0 Å². The Kier molecular flexibility index (Phi) is 6.05. The van der Waals surface area contributed by atoms with E-state index in [1.54, 1.807) is 39.8 Å². The van der Waals surface area contributed by atoms with E-state index in [-0.39, 0.29) is 0 Å². The van der Waals surface area contributed by atoms with Gasteiger partial charge in [0.2, 0.25) is 0 Å². The lowest BCUT2D eigenvalue weighted by molar-refractivity contribution is 0.0635. The molecule has 1 atom stereocenters. The van der Waals surface area contributed by atoms with Gasteiger partial charge >= 0.3 is 6.09 Å². The molecule has 0 spiro atoms. The Morgan fingerprint density at radius 1 is 1.23 bits per heavy atom. The quantitative estimate of drug-likeness (QED) is 0.874. The van der Waals surface area contributed by atoms with Gasteiger partial charge in [0.15, 0.2) is 11.5 Å². The normalized spacial score (nSPS) is 12.5. The zero-order valence-electron chi connectivity index (χ0n) is 14.0. The van der Waals surface area contributed by atoms with Crippen molar-refractivity contribution in [3.05, 3.63) is 17.7 Å². The van der Waals surface area contributed by atoms with Crippen molar-refractivity contribution in [1.82, 2.24) is 0 Å². The minimum absolute atomic E-state index is 0.367. The molecule has 0 unspecified atom stereocenters. The van der Waals surface area contributed by atoms with Crippen LogP contribution in [-0.4, -0.2) is 37.1 Å². The number of ether oxygens (including phenoxy) is 3. The fraction of sp³-hybridized carbons (Fsp3) is 0.562. The van der Waals surface area contributed by atoms with E-state index in [0.29, 0.717) is 23.6 Å². The SMILES string of the molecule is COc1cc(C[C@H](C)O)c(NC(=O)OC(C)(C)C)cc1OC. The summed E-state index contributed by atoms with van der Waals surface area (Å²) in [5.74, 6) is 1.02. The van der Waals surface area contributed by atoms with Gasteiger partial charge in [-0.3, -0.25) is 5.32 Å². The number of aliphatic hydroxyl groups is 1. The predicted octanol–water partition coefficient (Wildman–Crippen LogP) is 2.97. The van der Waals surface area contributed by atoms with E-state index < -0.39 is 17.8 Å². The summed E-state index contributed by atoms with van der Waals surface area (Å²) in [7, 11) is 3.05. The predicted molar refractivity (Wildman–Crippen MR) is 84.8 cm³/mol. The van der Waals surface area contributed by atoms with Crippen LogP contribution in [-0.2, 0) is 11.2 Å². The van der Waals surface area contributed by atoms with E-state index in [4.69, 9.17) is 14.2 Å². The van der Waals surface area contributed by atoms with Gasteiger partial charge in [0, 0.05) is 12.5 Å². The summed E-state index contributed by atoms with van der Waals surface area (Å²) < 4.78 is 15.7. The molecule has 6 nitrogen and oxygen atoms in total. The van der Waals surface area contributed by atoms with Gasteiger partial charge in [-0.2, -0.15) is 0 Å². The van der Waals surface area contributed by atoms with Gasteiger partial charge in [-0.25, -0.2) is 4.79 Å². The number of amides is 1. The highest BCUT2D eigenvalue weighted by Gasteiger charge is 2.19. The summed E-state index contributed by atoms with van der Waals surface area (Å²) in [6.45, 7) is 7.04. The van der Waals surface area contributed by atoms with Crippen LogP contribution in [0.4, 0.5) is 10.5 Å². The number of benzene rings is 1. The number of carbonyl (C=O) groups is 1. The highest BCUT2D eigenvalue weighted by molar-refractivity contribution is 5.86. The summed E-state index contributed by atoms with van der Waals surface area (Å²) >= 11 is 0. The van der Waals surface area contributed by atoms with Crippen LogP contribution in [0.5, 0.6) is 11.5 Å². The molecule has 1 rings (SSSR count). The molecule has 0 aliphatic heterocycles. The van der Waals surface area contributed by atoms with Crippen molar-refractivity contribution < 1.29 is 24.1 Å². The summed E-state index contributed by atoms with van der Waals surface area (Å²) in [5.41, 5.74) is 0.664. The lowest BCUT2D eigenvalue weighted by Crippen LogP contribution is -2.27. The van der Waals surface area contributed by atoms with Crippen LogP contribution in [0.15, 0.2) is 12.1 Å². The second kappa shape index (κ2) is 7.35. The van der Waals surface area contributed by atoms with Gasteiger partial charge in [0.1, 0.15) is 5.60 Å². The van der Waals surface area contributed by atoms with Gasteiger partial charge < -0.3 is 19.3 Å². The Bertz CT molecular complexity index is 520. The topological polar surface area (TPSA) is 77.0 Å². The number of methoxy groups -OCH3 is 2. The largest absolute Gasteiger partial charge is 0.493 e. The van der Waals surface area contributed by atoms with Crippen LogP contribution in [0, 0.1) is 0 Å². The van der Waals surface area contributed by atoms with Crippen LogP contribution in [0.3, 0.4) is 0 Å². The lowest BCUT2D eigenvalue weighted by atomic mass is 10.1. The molecule has 1 aromatic carbocycles. The fourth-order valence-electron chi connectivity index (χ4n) is 1.94. The molecule has 1 aromatic rings. The molecule has 22 heavy (non-hydrogen) atoms. The fourth-order valence-corrected chi connectivity index (χ4v) is 1.94. The number of hydrogen-bond acceptors (Lipinski definition) is 5. The highest BCUT2D eigenvalue weighted by atomic mass is 16.6. The second-order valence-corrected chi connectivity index (χ2v) is 6.04. The average molecular weight is 311 g/mol. The van der Waals surface area contributed by atoms with Gasteiger partial charge in [0.25, 0.3) is 0 Å². The number of hydrogen-bond donors (Lipinski definition) is 2. The molecular weight excluding hydrogens is 286 g/mol. The second-order valence-electron chi connectivity index (χ2n) is 6.04. The third-order valence-corrected chi connectivity index (χ3v) is 2.76. The lowest BCUT2D eigenvalue weighted by Gasteiger charge is -2.21. The maximum absolute atomic E-state index is 12.0. The molecule has 0 aliphatic rings. The zero-order chi connectivity index (χ0) is 16.9. The molecule has 0 aliphatic carbocycles. The van der Waals surface area contributed by atoms with Gasteiger partial charge in [0.05, 0.1) is 26.0 Å². The maximum atomic E-state index is 12.0. The van der Waals surface area contributed by atoms with E-state index in [1.807, 2.05) is 0 Å². The molecule has 124 valence electrons. The Hall–Kier alpha value is -1.95. The average Bonchev–Trinajstić information content (AvgIpc) is 2.37. The number of nitrogens with one attached hydrogen (secondary N) is 1. The Labute approximate surface area is 131 Å². The smallest absolute Gasteiger partial charge is 0.412 e. The van der Waals surface area contributed by atoms with E-state index in [9.17, 15) is 9.90 Å². The first-order chi connectivity index (χ1) is 10.2. The molecule has 2 N–H and O–H groups in total. The van der Waals surface area contributed by atoms with Crippen molar-refractivity contribution in [3.8, 4) is 11.5 Å². The summed E-state index contributed by atoms with van der Waals surface area (Å²) in [4.78, 5) is 12.0. The highest BCUT2D eigenvalue weighted by Crippen LogP contribution is 2.34. The minimum Gasteiger partial charge on any atom is -0.493 e. The first kappa shape index (κ1) is 18.1. The molecule has 0 aromatic heterocycles. The van der Waals surface area contributed by atoms with Gasteiger partial charge in [-0.15, -0.1) is 0 Å². The molecule has 6 heteroatoms. The molecule has 1 amide bonds. The van der Waals surface area contributed by atoms with Crippen molar-refractivity contribution >= 4 is 11.8 Å². The summed E-state index contributed by atoms with van der Waals surface area (Å²) in [5, 5.41) is 12.3. The summed E-state index contributed by atoms with van der Waals surface area (Å²) in [6, 6.07) is 3.39. The van der Waals surface area contributed by atoms with Crippen molar-refractivity contribution in [1.29, 1.82) is 0 Å². The molecule has 0 saturated carbocycles. The van der Waals surface area contributed by atoms with Crippen LogP contribution in [0.25, 0.3) is 0 Å². The Balaban J connectivity index is 3.11. The van der Waals surface area contributed by atoms with E-state index >= 15 is 0 Å². The van der Waals surface area contributed by atoms with Crippen molar-refractivity contribution in [2.24, 2.45) is 0 Å². The van der Waals surface area contributed by atoms with Crippen LogP contribution < -0.4 is 14.8 Å². The molecule has 0 radical (unpaired) electrons. The monoisotopic (exact) mass is 311 g/mol. The standard InChI is InChI=1S/C16H25NO5/c1-10(18)7-11-8-13(20-5)14(21-6)9-12(11)17-15(19)22-16(2,3)4/h8-10,18H,7H2,1-6H3,(H,17,19)/t10-/m0/s1. The van der Waals surface area contributed by atoms with E-state index in [0.717, 1.165) is 5.56 Å². The molecular formula is C16H25NO5. The molecule has 0 saturated heterocycles. The number of aliphatic hydroxyl groups excluding tert-OH is 1. The number of carbonyl (C=O) groups excluding carboxylic acids is 1. The molecule has 0 heterocycles. The zero-order valence-corrected chi connectivity index (χ0v) is 14.0. The van der Waals surface area contributed by atoms with Gasteiger partial charge in [-0.1, -0.05) is 0 Å².